The third kappa shape index (κ3) is 4.35. The highest BCUT2D eigenvalue weighted by Crippen LogP contribution is 2.40. The normalized spacial score (nSPS) is 12.5. The van der Waals surface area contributed by atoms with Crippen LogP contribution in [-0.2, 0) is 0 Å². The molecule has 2 N–H and O–H groups in total. The smallest absolute Gasteiger partial charge is 0.243 e. The highest BCUT2D eigenvalue weighted by Gasteiger charge is 2.33. The van der Waals surface area contributed by atoms with E-state index in [2.05, 4.69) is 126 Å². The molecule has 244 valence electrons. The molecule has 0 aliphatic rings. The van der Waals surface area contributed by atoms with Crippen molar-refractivity contribution < 1.29 is 10.2 Å². The van der Waals surface area contributed by atoms with Crippen molar-refractivity contribution in [2.24, 2.45) is 0 Å². The van der Waals surface area contributed by atoms with Gasteiger partial charge in [0.2, 0.25) is 6.71 Å². The Balaban J connectivity index is 1.48. The van der Waals surface area contributed by atoms with Gasteiger partial charge in [-0.05, 0) is 89.7 Å². The summed E-state index contributed by atoms with van der Waals surface area (Å²) in [6, 6.07) is 39.5. The van der Waals surface area contributed by atoms with Crippen molar-refractivity contribution in [1.82, 2.24) is 0 Å². The molecule has 0 saturated carbocycles. The Hall–Kier alpha value is -5.28. The van der Waals surface area contributed by atoms with Crippen LogP contribution >= 0.6 is 0 Å². The van der Waals surface area contributed by atoms with Crippen molar-refractivity contribution in [3.63, 3.8) is 0 Å². The van der Waals surface area contributed by atoms with E-state index in [-0.39, 0.29) is 6.71 Å². The summed E-state index contributed by atoms with van der Waals surface area (Å²) in [6.45, 7) is 13.9. The average molecular weight is 649 g/mol. The molecular weight excluding hydrogens is 607 g/mol. The second-order valence-electron chi connectivity index (χ2n) is 15.3. The van der Waals surface area contributed by atoms with Gasteiger partial charge in [-0.15, -0.1) is 0 Å². The molecule has 9 rings (SSSR count). The van der Waals surface area contributed by atoms with Crippen LogP contribution in [0.1, 0.15) is 76.0 Å². The first-order valence-corrected chi connectivity index (χ1v) is 18.1. The summed E-state index contributed by atoms with van der Waals surface area (Å²) in [5.41, 5.74) is 8.13. The molecule has 50 heavy (non-hydrogen) atoms. The maximum absolute atomic E-state index is 11.0. The first-order valence-electron chi connectivity index (χ1n) is 18.1. The molecule has 0 amide bonds. The second-order valence-corrected chi connectivity index (χ2v) is 15.3. The van der Waals surface area contributed by atoms with Gasteiger partial charge in [0.15, 0.2) is 0 Å². The molecule has 0 fully saturated rings. The maximum Gasteiger partial charge on any atom is 0.243 e. The Kier molecular flexibility index (Phi) is 6.84. The number of hydrogen-bond acceptors (Lipinski definition) is 2. The summed E-state index contributed by atoms with van der Waals surface area (Å²) in [5.74, 6) is 1.69. The minimum absolute atomic E-state index is 0.0673. The van der Waals surface area contributed by atoms with Gasteiger partial charge in [0.1, 0.15) is 11.5 Å². The third-order valence-corrected chi connectivity index (χ3v) is 11.4. The van der Waals surface area contributed by atoms with Crippen LogP contribution in [0.25, 0.3) is 64.6 Å². The molecule has 3 heteroatoms. The van der Waals surface area contributed by atoms with Gasteiger partial charge in [-0.2, -0.15) is 0 Å². The Morgan fingerprint density at radius 1 is 0.400 bits per heavy atom. The van der Waals surface area contributed by atoms with Crippen molar-refractivity contribution >= 4 is 87.7 Å². The van der Waals surface area contributed by atoms with Gasteiger partial charge >= 0.3 is 0 Å². The first-order chi connectivity index (χ1) is 24.1. The molecule has 0 bridgehead atoms. The molecule has 0 aliphatic carbocycles. The lowest BCUT2D eigenvalue weighted by Crippen LogP contribution is -2.55. The fourth-order valence-corrected chi connectivity index (χ4v) is 8.94. The topological polar surface area (TPSA) is 40.5 Å². The highest BCUT2D eigenvalue weighted by molar-refractivity contribution is 6.99. The van der Waals surface area contributed by atoms with Crippen LogP contribution in [0, 0.1) is 0 Å². The van der Waals surface area contributed by atoms with Gasteiger partial charge in [-0.25, -0.2) is 0 Å². The number of rotatable bonds is 6. The molecular formula is C47H41BO2. The summed E-state index contributed by atoms with van der Waals surface area (Å²) in [5, 5.41) is 35.5. The minimum Gasteiger partial charge on any atom is -0.507 e. The lowest BCUT2D eigenvalue weighted by Gasteiger charge is -2.30. The minimum atomic E-state index is -0.0673. The Morgan fingerprint density at radius 3 is 1.12 bits per heavy atom. The summed E-state index contributed by atoms with van der Waals surface area (Å²) in [7, 11) is 0. The van der Waals surface area contributed by atoms with Crippen molar-refractivity contribution in [1.29, 1.82) is 0 Å². The summed E-state index contributed by atoms with van der Waals surface area (Å²) in [6.07, 6.45) is 0. The van der Waals surface area contributed by atoms with Gasteiger partial charge < -0.3 is 10.2 Å². The maximum atomic E-state index is 11.0. The molecule has 0 unspecified atom stereocenters. The Bertz CT molecular complexity index is 2590. The van der Waals surface area contributed by atoms with E-state index in [0.29, 0.717) is 29.3 Å². The van der Waals surface area contributed by atoms with Gasteiger partial charge in [-0.3, -0.25) is 0 Å². The fourth-order valence-electron chi connectivity index (χ4n) is 8.94. The van der Waals surface area contributed by atoms with E-state index in [0.717, 1.165) is 32.3 Å². The van der Waals surface area contributed by atoms with E-state index < -0.39 is 0 Å². The summed E-state index contributed by atoms with van der Waals surface area (Å²) < 4.78 is 0. The molecule has 0 radical (unpaired) electrons. The van der Waals surface area contributed by atoms with Crippen molar-refractivity contribution in [2.75, 3.05) is 0 Å². The van der Waals surface area contributed by atoms with Crippen molar-refractivity contribution in [3.05, 3.63) is 126 Å². The van der Waals surface area contributed by atoms with Crippen LogP contribution in [0.5, 0.6) is 11.5 Å². The first kappa shape index (κ1) is 30.8. The molecule has 0 aliphatic heterocycles. The van der Waals surface area contributed by atoms with Gasteiger partial charge in [-0.1, -0.05) is 155 Å². The number of phenolic OH excluding ortho intramolecular Hbond substituents is 2. The molecule has 9 aromatic rings. The molecule has 0 atom stereocenters. The molecule has 0 aromatic heterocycles. The van der Waals surface area contributed by atoms with Crippen molar-refractivity contribution in [2.45, 2.75) is 59.3 Å². The molecule has 9 aromatic carbocycles. The zero-order valence-corrected chi connectivity index (χ0v) is 29.6. The average Bonchev–Trinajstić information content (AvgIpc) is 3.11. The monoisotopic (exact) mass is 648 g/mol. The third-order valence-electron chi connectivity index (χ3n) is 11.4. The van der Waals surface area contributed by atoms with E-state index >= 15 is 0 Å². The second kappa shape index (κ2) is 11.1. The van der Waals surface area contributed by atoms with Crippen LogP contribution in [0.3, 0.4) is 0 Å². The van der Waals surface area contributed by atoms with E-state index in [1.807, 2.05) is 24.3 Å². The lowest BCUT2D eigenvalue weighted by molar-refractivity contribution is 0.481. The van der Waals surface area contributed by atoms with E-state index in [1.54, 1.807) is 0 Å². The molecule has 0 heterocycles. The zero-order valence-electron chi connectivity index (χ0n) is 29.6. The lowest BCUT2D eigenvalue weighted by atomic mass is 9.33. The van der Waals surface area contributed by atoms with Gasteiger partial charge in [0.05, 0.1) is 0 Å². The van der Waals surface area contributed by atoms with Crippen LogP contribution in [0.15, 0.2) is 109 Å². The van der Waals surface area contributed by atoms with E-state index in [1.165, 1.54) is 65.4 Å². The fraction of sp³-hybridized carbons (Fsp3) is 0.191. The highest BCUT2D eigenvalue weighted by atomic mass is 16.3. The number of phenols is 2. The Morgan fingerprint density at radius 2 is 0.740 bits per heavy atom. The zero-order chi connectivity index (χ0) is 34.6. The quantitative estimate of drug-likeness (QED) is 0.139. The molecule has 0 spiro atoms. The van der Waals surface area contributed by atoms with Crippen LogP contribution in [0.2, 0.25) is 0 Å². The van der Waals surface area contributed by atoms with Crippen molar-refractivity contribution in [3.8, 4) is 11.5 Å². The van der Waals surface area contributed by atoms with Gasteiger partial charge in [0, 0.05) is 21.5 Å². The summed E-state index contributed by atoms with van der Waals surface area (Å²) in [4.78, 5) is 0. The van der Waals surface area contributed by atoms with E-state index in [9.17, 15) is 10.2 Å². The summed E-state index contributed by atoms with van der Waals surface area (Å²) >= 11 is 0. The van der Waals surface area contributed by atoms with Crippen LogP contribution in [0.4, 0.5) is 0 Å². The number of aromatic hydroxyl groups is 2. The standard InChI is InChI=1S/C47H41BO2/c1-25(2)32-23-37(26(3)4)47(38(24-32)27(5)6)48(39-19-11-28-9-17-35-41(49)21-13-30-7-15-33(39)43(28)45(30)35)40-20-12-29-10-18-36-42(50)22-14-31-8-16-34(40)44(29)46(31)36/h7-27,49-50H,1-6H3. The molecule has 2 nitrogen and oxygen atoms in total. The van der Waals surface area contributed by atoms with Crippen LogP contribution < -0.4 is 16.4 Å². The SMILES string of the molecule is CC(C)c1cc(C(C)C)c(B(c2ccc3ccc4c(O)ccc5ccc2c3c54)c2ccc3ccc4c(O)ccc5ccc2c3c54)c(C(C)C)c1. The van der Waals surface area contributed by atoms with E-state index in [4.69, 9.17) is 0 Å². The predicted octanol–water partition coefficient (Wildman–Crippen LogP) is 10.8. The largest absolute Gasteiger partial charge is 0.507 e. The Labute approximate surface area is 293 Å². The molecule has 0 saturated heterocycles. The number of hydrogen-bond donors (Lipinski definition) is 2. The van der Waals surface area contributed by atoms with Crippen LogP contribution in [-0.4, -0.2) is 16.9 Å². The van der Waals surface area contributed by atoms with Gasteiger partial charge in [0.25, 0.3) is 0 Å². The predicted molar refractivity (Wildman–Crippen MR) is 217 cm³/mol. The number of benzene rings is 9.